The van der Waals surface area contributed by atoms with E-state index in [1.807, 2.05) is 25.1 Å². The molecule has 1 saturated carbocycles. The van der Waals surface area contributed by atoms with Crippen molar-refractivity contribution >= 4 is 5.57 Å². The Kier molecular flexibility index (Phi) is 8.39. The number of hydrogen-bond donors (Lipinski definition) is 0. The summed E-state index contributed by atoms with van der Waals surface area (Å²) in [5.41, 5.74) is 3.54. The number of halogens is 3. The zero-order valence-electron chi connectivity index (χ0n) is 22.5. The van der Waals surface area contributed by atoms with E-state index in [4.69, 9.17) is 4.74 Å². The molecule has 1 heterocycles. The molecule has 1 saturated heterocycles. The number of benzene rings is 2. The number of alkyl halides is 2. The first-order chi connectivity index (χ1) is 17.7. The van der Waals surface area contributed by atoms with Gasteiger partial charge in [-0.05, 0) is 107 Å². The lowest BCUT2D eigenvalue weighted by atomic mass is 9.63. The average Bonchev–Trinajstić information content (AvgIpc) is 3.38. The van der Waals surface area contributed by atoms with Gasteiger partial charge in [-0.25, -0.2) is 13.2 Å². The molecule has 4 rings (SSSR count). The number of likely N-dealkylation sites (tertiary alicyclic amines) is 1. The van der Waals surface area contributed by atoms with Gasteiger partial charge in [-0.3, -0.25) is 4.90 Å². The molecule has 0 N–H and O–H groups in total. The van der Waals surface area contributed by atoms with Crippen LogP contribution in [0.3, 0.4) is 0 Å². The summed E-state index contributed by atoms with van der Waals surface area (Å²) in [4.78, 5) is 2.67. The van der Waals surface area contributed by atoms with Crippen LogP contribution in [-0.4, -0.2) is 30.6 Å². The second-order valence-electron chi connectivity index (χ2n) is 10.5. The molecule has 2 fully saturated rings. The highest BCUT2D eigenvalue weighted by Crippen LogP contribution is 2.52. The summed E-state index contributed by atoms with van der Waals surface area (Å²) < 4.78 is 48.0. The first-order valence-corrected chi connectivity index (χ1v) is 13.4. The number of nitrogens with zero attached hydrogens (tertiary/aromatic N) is 1. The Morgan fingerprint density at radius 3 is 2.32 bits per heavy atom. The second kappa shape index (κ2) is 11.4. The van der Waals surface area contributed by atoms with Crippen LogP contribution < -0.4 is 4.74 Å². The molecule has 0 spiro atoms. The lowest BCUT2D eigenvalue weighted by Gasteiger charge is -2.54. The second-order valence-corrected chi connectivity index (χ2v) is 10.5. The van der Waals surface area contributed by atoms with Crippen molar-refractivity contribution in [2.45, 2.75) is 83.1 Å². The Labute approximate surface area is 219 Å². The Morgan fingerprint density at radius 2 is 1.81 bits per heavy atom. The van der Waals surface area contributed by atoms with Crippen molar-refractivity contribution in [2.24, 2.45) is 0 Å². The van der Waals surface area contributed by atoms with Gasteiger partial charge < -0.3 is 4.74 Å². The third-order valence-corrected chi connectivity index (χ3v) is 8.34. The Morgan fingerprint density at radius 1 is 1.14 bits per heavy atom. The zero-order valence-corrected chi connectivity index (χ0v) is 22.5. The van der Waals surface area contributed by atoms with Crippen LogP contribution in [-0.2, 0) is 5.92 Å². The molecule has 1 aliphatic heterocycles. The van der Waals surface area contributed by atoms with Crippen molar-refractivity contribution in [1.82, 2.24) is 4.90 Å². The van der Waals surface area contributed by atoms with Crippen LogP contribution >= 0.6 is 0 Å². The van der Waals surface area contributed by atoms with Crippen LogP contribution in [0.25, 0.3) is 5.57 Å². The van der Waals surface area contributed by atoms with E-state index >= 15 is 0 Å². The molecule has 2 aliphatic rings. The number of allylic oxidation sites excluding steroid dienone is 2. The smallest absolute Gasteiger partial charge is 0.270 e. The first-order valence-electron chi connectivity index (χ1n) is 13.4. The van der Waals surface area contributed by atoms with Crippen molar-refractivity contribution in [3.63, 3.8) is 0 Å². The standard InChI is InChI=1S/C32H38F3NO/c1-5-10-25-21-26(31(3,34)35)22-29(37-4)30(25)23(6-2)13-16-28(24-11-14-27(33)15-12-24)32(17-9-18-32)36-19-7-8-20-36/h6,11-12,14-15,21-22,28H,7-9,13,16-20H2,1-4H3. The van der Waals surface area contributed by atoms with Gasteiger partial charge in [0.2, 0.25) is 0 Å². The van der Waals surface area contributed by atoms with E-state index in [0.717, 1.165) is 56.8 Å². The van der Waals surface area contributed by atoms with Crippen molar-refractivity contribution in [3.8, 4) is 17.6 Å². The van der Waals surface area contributed by atoms with E-state index in [2.05, 4.69) is 16.7 Å². The molecule has 0 amide bonds. The van der Waals surface area contributed by atoms with E-state index in [-0.39, 0.29) is 22.8 Å². The van der Waals surface area contributed by atoms with Gasteiger partial charge in [0.05, 0.1) is 7.11 Å². The van der Waals surface area contributed by atoms with Crippen molar-refractivity contribution < 1.29 is 17.9 Å². The first kappa shape index (κ1) is 27.3. The quantitative estimate of drug-likeness (QED) is 0.315. The van der Waals surface area contributed by atoms with Crippen LogP contribution in [0.5, 0.6) is 5.75 Å². The van der Waals surface area contributed by atoms with E-state index in [1.54, 1.807) is 19.1 Å². The molecule has 0 aromatic heterocycles. The highest BCUT2D eigenvalue weighted by molar-refractivity contribution is 5.76. The fraction of sp³-hybridized carbons (Fsp3) is 0.500. The molecule has 37 heavy (non-hydrogen) atoms. The third kappa shape index (κ3) is 5.60. The molecule has 0 radical (unpaired) electrons. The Balaban J connectivity index is 1.71. The van der Waals surface area contributed by atoms with E-state index in [1.165, 1.54) is 44.1 Å². The number of rotatable bonds is 9. The molecule has 0 bridgehead atoms. The van der Waals surface area contributed by atoms with Crippen molar-refractivity contribution in [2.75, 3.05) is 20.2 Å². The molecule has 5 heteroatoms. The molecule has 198 valence electrons. The summed E-state index contributed by atoms with van der Waals surface area (Å²) >= 11 is 0. The molecule has 2 aromatic carbocycles. The summed E-state index contributed by atoms with van der Waals surface area (Å²) in [5, 5.41) is 0. The molecule has 2 aromatic rings. The van der Waals surface area contributed by atoms with Gasteiger partial charge in [0.1, 0.15) is 11.6 Å². The van der Waals surface area contributed by atoms with E-state index < -0.39 is 5.92 Å². The van der Waals surface area contributed by atoms with E-state index in [9.17, 15) is 13.2 Å². The normalized spacial score (nSPS) is 18.6. The van der Waals surface area contributed by atoms with Gasteiger partial charge in [0.25, 0.3) is 5.92 Å². The average molecular weight is 510 g/mol. The van der Waals surface area contributed by atoms with Gasteiger partial charge in [-0.1, -0.05) is 24.1 Å². The van der Waals surface area contributed by atoms with Gasteiger partial charge >= 0.3 is 0 Å². The van der Waals surface area contributed by atoms with Crippen molar-refractivity contribution in [1.29, 1.82) is 0 Å². The zero-order chi connectivity index (χ0) is 26.6. The van der Waals surface area contributed by atoms with Crippen molar-refractivity contribution in [3.05, 3.63) is 70.5 Å². The summed E-state index contributed by atoms with van der Waals surface area (Å²) in [6.07, 6.45) is 9.62. The van der Waals surface area contributed by atoms with Crippen LogP contribution in [0.4, 0.5) is 13.2 Å². The minimum Gasteiger partial charge on any atom is -0.496 e. The summed E-state index contributed by atoms with van der Waals surface area (Å²) in [7, 11) is 1.52. The number of hydrogen-bond acceptors (Lipinski definition) is 2. The van der Waals surface area contributed by atoms with Gasteiger partial charge in [0.15, 0.2) is 0 Å². The van der Waals surface area contributed by atoms with Gasteiger partial charge in [-0.2, -0.15) is 0 Å². The SMILES string of the molecule is CC#Cc1cc(C(C)(F)F)cc(OC)c1C(=CC)CCC(c1ccc(F)cc1)C1(N2CCCC2)CCC1. The Hall–Kier alpha value is -2.71. The predicted molar refractivity (Wildman–Crippen MR) is 145 cm³/mol. The molecule has 1 unspecified atom stereocenters. The maximum Gasteiger partial charge on any atom is 0.270 e. The minimum absolute atomic E-state index is 0.0947. The van der Waals surface area contributed by atoms with E-state index in [0.29, 0.717) is 11.3 Å². The molecular formula is C32H38F3NO. The fourth-order valence-corrected chi connectivity index (χ4v) is 6.34. The predicted octanol–water partition coefficient (Wildman–Crippen LogP) is 8.30. The Bertz CT molecular complexity index is 1170. The fourth-order valence-electron chi connectivity index (χ4n) is 6.34. The van der Waals surface area contributed by atoms with Gasteiger partial charge in [0, 0.05) is 35.1 Å². The van der Waals surface area contributed by atoms with Crippen LogP contribution in [0.2, 0.25) is 0 Å². The molecule has 1 atom stereocenters. The van der Waals surface area contributed by atoms with Gasteiger partial charge in [-0.15, -0.1) is 5.92 Å². The van der Waals surface area contributed by atoms with Crippen LogP contribution in [0.1, 0.15) is 93.9 Å². The molecule has 2 nitrogen and oxygen atoms in total. The number of ether oxygens (including phenoxy) is 1. The highest BCUT2D eigenvalue weighted by atomic mass is 19.3. The topological polar surface area (TPSA) is 12.5 Å². The summed E-state index contributed by atoms with van der Waals surface area (Å²) in [5.74, 6) is 3.39. The molecule has 1 aliphatic carbocycles. The summed E-state index contributed by atoms with van der Waals surface area (Å²) in [6.45, 7) is 6.82. The van der Waals surface area contributed by atoms with Crippen LogP contribution in [0, 0.1) is 17.7 Å². The maximum absolute atomic E-state index is 14.3. The third-order valence-electron chi connectivity index (χ3n) is 8.34. The maximum atomic E-state index is 14.3. The number of methoxy groups -OCH3 is 1. The lowest BCUT2D eigenvalue weighted by Crippen LogP contribution is -2.56. The lowest BCUT2D eigenvalue weighted by molar-refractivity contribution is 0.00703. The minimum atomic E-state index is -2.99. The van der Waals surface area contributed by atoms with Crippen LogP contribution in [0.15, 0.2) is 42.5 Å². The largest absolute Gasteiger partial charge is 0.496 e. The molecular weight excluding hydrogens is 471 g/mol. The highest BCUT2D eigenvalue weighted by Gasteiger charge is 2.49. The monoisotopic (exact) mass is 509 g/mol. The summed E-state index contributed by atoms with van der Waals surface area (Å²) in [6, 6.07) is 9.95.